The molecule has 0 amide bonds. The van der Waals surface area contributed by atoms with E-state index < -0.39 is 5.97 Å². The minimum absolute atomic E-state index is 0.0843. The molecule has 25 heavy (non-hydrogen) atoms. The SMILES string of the molecule is COc1ccc(C2=NOC(COC(=O)c3ccc(Cl)cc3Cl)C2)cc1. The van der Waals surface area contributed by atoms with Crippen LogP contribution in [-0.4, -0.2) is 31.5 Å². The second-order valence-electron chi connectivity index (χ2n) is 5.42. The summed E-state index contributed by atoms with van der Waals surface area (Å²) in [4.78, 5) is 17.4. The zero-order valence-corrected chi connectivity index (χ0v) is 14.9. The van der Waals surface area contributed by atoms with E-state index >= 15 is 0 Å². The van der Waals surface area contributed by atoms with Crippen LogP contribution in [0.15, 0.2) is 47.6 Å². The standard InChI is InChI=1S/C18H15Cl2NO4/c1-23-13-5-2-11(3-6-13)17-9-14(25-21-17)10-24-18(22)15-7-4-12(19)8-16(15)20/h2-8,14H,9-10H2,1H3. The highest BCUT2D eigenvalue weighted by molar-refractivity contribution is 6.36. The van der Waals surface area contributed by atoms with Crippen molar-refractivity contribution in [3.63, 3.8) is 0 Å². The predicted molar refractivity (Wildman–Crippen MR) is 95.8 cm³/mol. The molecule has 130 valence electrons. The zero-order chi connectivity index (χ0) is 17.8. The molecule has 1 heterocycles. The van der Waals surface area contributed by atoms with Crippen LogP contribution in [0.4, 0.5) is 0 Å². The Hall–Kier alpha value is -2.24. The Balaban J connectivity index is 1.54. The Bertz CT molecular complexity index is 805. The molecule has 0 saturated carbocycles. The van der Waals surface area contributed by atoms with Gasteiger partial charge in [0.15, 0.2) is 6.10 Å². The third kappa shape index (κ3) is 4.24. The van der Waals surface area contributed by atoms with Gasteiger partial charge in [-0.2, -0.15) is 0 Å². The van der Waals surface area contributed by atoms with Crippen LogP contribution >= 0.6 is 23.2 Å². The van der Waals surface area contributed by atoms with Crippen molar-refractivity contribution < 1.29 is 19.1 Å². The van der Waals surface area contributed by atoms with E-state index in [1.165, 1.54) is 12.1 Å². The number of esters is 1. The molecule has 0 saturated heterocycles. The van der Waals surface area contributed by atoms with Crippen LogP contribution in [0.2, 0.25) is 10.0 Å². The maximum atomic E-state index is 12.1. The van der Waals surface area contributed by atoms with E-state index in [1.54, 1.807) is 13.2 Å². The lowest BCUT2D eigenvalue weighted by atomic mass is 10.1. The first kappa shape index (κ1) is 17.6. The van der Waals surface area contributed by atoms with Crippen molar-refractivity contribution >= 4 is 34.9 Å². The summed E-state index contributed by atoms with van der Waals surface area (Å²) in [6.45, 7) is 0.0843. The first-order chi connectivity index (χ1) is 12.1. The first-order valence-electron chi connectivity index (χ1n) is 7.56. The van der Waals surface area contributed by atoms with Crippen molar-refractivity contribution in [3.8, 4) is 5.75 Å². The van der Waals surface area contributed by atoms with Gasteiger partial charge >= 0.3 is 5.97 Å². The molecule has 0 bridgehead atoms. The fourth-order valence-electron chi connectivity index (χ4n) is 2.37. The van der Waals surface area contributed by atoms with Crippen LogP contribution in [0, 0.1) is 0 Å². The number of carbonyl (C=O) groups is 1. The molecule has 0 radical (unpaired) electrons. The lowest BCUT2D eigenvalue weighted by Crippen LogP contribution is -2.19. The second-order valence-corrected chi connectivity index (χ2v) is 6.26. The molecule has 3 rings (SSSR count). The highest BCUT2D eigenvalue weighted by atomic mass is 35.5. The topological polar surface area (TPSA) is 57.1 Å². The number of ether oxygens (including phenoxy) is 2. The maximum Gasteiger partial charge on any atom is 0.339 e. The summed E-state index contributed by atoms with van der Waals surface area (Å²) in [5.41, 5.74) is 2.00. The summed E-state index contributed by atoms with van der Waals surface area (Å²) >= 11 is 11.8. The van der Waals surface area contributed by atoms with Gasteiger partial charge in [-0.3, -0.25) is 0 Å². The minimum atomic E-state index is -0.525. The third-order valence-corrected chi connectivity index (χ3v) is 4.26. The molecule has 2 aromatic carbocycles. The largest absolute Gasteiger partial charge is 0.497 e. The molecule has 2 aromatic rings. The van der Waals surface area contributed by atoms with Crippen molar-refractivity contribution in [2.45, 2.75) is 12.5 Å². The molecule has 1 atom stereocenters. The summed E-state index contributed by atoms with van der Waals surface area (Å²) in [7, 11) is 1.61. The Kier molecular flexibility index (Phi) is 5.46. The van der Waals surface area contributed by atoms with Crippen LogP contribution in [0.1, 0.15) is 22.3 Å². The van der Waals surface area contributed by atoms with E-state index in [0.29, 0.717) is 11.4 Å². The molecule has 0 aromatic heterocycles. The average molecular weight is 380 g/mol. The minimum Gasteiger partial charge on any atom is -0.497 e. The number of benzene rings is 2. The number of carbonyl (C=O) groups excluding carboxylic acids is 1. The van der Waals surface area contributed by atoms with Crippen LogP contribution in [0.25, 0.3) is 0 Å². The van der Waals surface area contributed by atoms with Gasteiger partial charge in [0.1, 0.15) is 12.4 Å². The van der Waals surface area contributed by atoms with Crippen LogP contribution in [-0.2, 0) is 9.57 Å². The summed E-state index contributed by atoms with van der Waals surface area (Å²) in [6, 6.07) is 12.1. The molecule has 0 aliphatic carbocycles. The van der Waals surface area contributed by atoms with E-state index in [1.807, 2.05) is 24.3 Å². The van der Waals surface area contributed by atoms with Crippen molar-refractivity contribution in [1.82, 2.24) is 0 Å². The Morgan fingerprint density at radius 3 is 2.68 bits per heavy atom. The summed E-state index contributed by atoms with van der Waals surface area (Å²) in [6.07, 6.45) is 0.223. The lowest BCUT2D eigenvalue weighted by Gasteiger charge is -2.10. The second kappa shape index (κ2) is 7.76. The number of nitrogens with zero attached hydrogens (tertiary/aromatic N) is 1. The first-order valence-corrected chi connectivity index (χ1v) is 8.31. The van der Waals surface area contributed by atoms with Crippen LogP contribution < -0.4 is 4.74 Å². The van der Waals surface area contributed by atoms with E-state index in [9.17, 15) is 4.79 Å². The molecule has 0 fully saturated rings. The fourth-order valence-corrected chi connectivity index (χ4v) is 2.86. The van der Waals surface area contributed by atoms with Gasteiger partial charge in [0, 0.05) is 11.4 Å². The number of methoxy groups -OCH3 is 1. The number of halogens is 2. The van der Waals surface area contributed by atoms with Gasteiger partial charge in [-0.05, 0) is 48.0 Å². The van der Waals surface area contributed by atoms with E-state index in [4.69, 9.17) is 37.5 Å². The van der Waals surface area contributed by atoms with Gasteiger partial charge in [-0.1, -0.05) is 28.4 Å². The Morgan fingerprint density at radius 2 is 2.00 bits per heavy atom. The van der Waals surface area contributed by atoms with Gasteiger partial charge in [0.05, 0.1) is 23.4 Å². The molecule has 0 spiro atoms. The molecule has 7 heteroatoms. The van der Waals surface area contributed by atoms with Crippen molar-refractivity contribution in [2.75, 3.05) is 13.7 Å². The highest BCUT2D eigenvalue weighted by Gasteiger charge is 2.24. The Morgan fingerprint density at radius 1 is 1.24 bits per heavy atom. The molecule has 5 nitrogen and oxygen atoms in total. The summed E-state index contributed by atoms with van der Waals surface area (Å²) in [5.74, 6) is 0.247. The number of hydrogen-bond acceptors (Lipinski definition) is 5. The van der Waals surface area contributed by atoms with E-state index in [0.717, 1.165) is 17.0 Å². The van der Waals surface area contributed by atoms with Crippen LogP contribution in [0.3, 0.4) is 0 Å². The summed E-state index contributed by atoms with van der Waals surface area (Å²) < 4.78 is 10.4. The third-order valence-electron chi connectivity index (χ3n) is 3.71. The van der Waals surface area contributed by atoms with Gasteiger partial charge in [0.25, 0.3) is 0 Å². The maximum absolute atomic E-state index is 12.1. The fraction of sp³-hybridized carbons (Fsp3) is 0.222. The highest BCUT2D eigenvalue weighted by Crippen LogP contribution is 2.23. The molecule has 0 N–H and O–H groups in total. The van der Waals surface area contributed by atoms with Crippen molar-refractivity contribution in [3.05, 3.63) is 63.6 Å². The van der Waals surface area contributed by atoms with Gasteiger partial charge in [-0.25, -0.2) is 4.79 Å². The Labute approximate surface area is 155 Å². The normalized spacial score (nSPS) is 16.1. The molecule has 1 unspecified atom stereocenters. The zero-order valence-electron chi connectivity index (χ0n) is 13.4. The summed E-state index contributed by atoms with van der Waals surface area (Å²) in [5, 5.41) is 4.77. The van der Waals surface area contributed by atoms with E-state index in [2.05, 4.69) is 5.16 Å². The monoisotopic (exact) mass is 379 g/mol. The molecular formula is C18H15Cl2NO4. The molecule has 1 aliphatic rings. The van der Waals surface area contributed by atoms with Crippen molar-refractivity contribution in [1.29, 1.82) is 0 Å². The van der Waals surface area contributed by atoms with Gasteiger partial charge in [-0.15, -0.1) is 0 Å². The predicted octanol–water partition coefficient (Wildman–Crippen LogP) is 4.35. The van der Waals surface area contributed by atoms with Crippen molar-refractivity contribution in [2.24, 2.45) is 5.16 Å². The average Bonchev–Trinajstić information content (AvgIpc) is 3.09. The van der Waals surface area contributed by atoms with Crippen LogP contribution in [0.5, 0.6) is 5.75 Å². The van der Waals surface area contributed by atoms with Gasteiger partial charge < -0.3 is 14.3 Å². The number of hydrogen-bond donors (Lipinski definition) is 0. The number of rotatable bonds is 5. The molecular weight excluding hydrogens is 365 g/mol. The number of oxime groups is 1. The van der Waals surface area contributed by atoms with E-state index in [-0.39, 0.29) is 23.3 Å². The smallest absolute Gasteiger partial charge is 0.339 e. The van der Waals surface area contributed by atoms with Gasteiger partial charge in [0.2, 0.25) is 0 Å². The molecule has 1 aliphatic heterocycles. The lowest BCUT2D eigenvalue weighted by molar-refractivity contribution is 0.00687. The quantitative estimate of drug-likeness (QED) is 0.724.